The molecular weight excluding hydrogens is 152 g/mol. The van der Waals surface area contributed by atoms with Gasteiger partial charge in [0.15, 0.2) is 0 Å². The third-order valence-corrected chi connectivity index (χ3v) is 1.97. The number of aromatic nitrogens is 4. The van der Waals surface area contributed by atoms with E-state index in [0.29, 0.717) is 0 Å². The summed E-state index contributed by atoms with van der Waals surface area (Å²) in [4.78, 5) is 4.03. The van der Waals surface area contributed by atoms with Gasteiger partial charge in [0.1, 0.15) is 11.0 Å². The van der Waals surface area contributed by atoms with E-state index in [1.807, 2.05) is 39.9 Å². The lowest BCUT2D eigenvalue weighted by Gasteiger charge is -1.80. The monoisotopic (exact) mass is 159 g/mol. The predicted molar refractivity (Wildman–Crippen MR) is 42.7 cm³/mol. The maximum atomic E-state index is 4.03. The molecule has 0 amide bonds. The second-order valence-electron chi connectivity index (χ2n) is 2.68. The number of aromatic amines is 1. The molecule has 4 heteroatoms. The normalized spacial score (nSPS) is 11.3. The molecule has 0 atom stereocenters. The summed E-state index contributed by atoms with van der Waals surface area (Å²) in [5.41, 5.74) is 2.17. The Labute approximate surface area is 68.0 Å². The Morgan fingerprint density at radius 2 is 2.50 bits per heavy atom. The molecule has 0 spiro atoms. The second-order valence-corrected chi connectivity index (χ2v) is 2.68. The van der Waals surface area contributed by atoms with E-state index >= 15 is 0 Å². The van der Waals surface area contributed by atoms with Gasteiger partial charge in [-0.25, -0.2) is 0 Å². The molecule has 0 aliphatic heterocycles. The predicted octanol–water partition coefficient (Wildman–Crippen LogP) is 0.401. The molecule has 1 N–H and O–H groups in total. The Balaban J connectivity index is 2.68. The van der Waals surface area contributed by atoms with Gasteiger partial charge in [-0.1, -0.05) is 4.52 Å². The minimum Gasteiger partial charge on any atom is -0.262 e. The Morgan fingerprint density at radius 3 is 3.50 bits per heavy atom. The van der Waals surface area contributed by atoms with Crippen LogP contribution in [0, 0.1) is 0 Å². The van der Waals surface area contributed by atoms with Crippen molar-refractivity contribution in [1.82, 2.24) is 14.6 Å². The highest BCUT2D eigenvalue weighted by atomic mass is 15.5. The summed E-state index contributed by atoms with van der Waals surface area (Å²) in [6, 6.07) is 3.96. The van der Waals surface area contributed by atoms with Gasteiger partial charge in [0.05, 0.1) is 12.4 Å². The average molecular weight is 159 g/mol. The molecule has 0 aromatic carbocycles. The van der Waals surface area contributed by atoms with E-state index in [1.54, 1.807) is 6.20 Å². The van der Waals surface area contributed by atoms with Gasteiger partial charge in [0.2, 0.25) is 6.20 Å². The second kappa shape index (κ2) is 1.85. The van der Waals surface area contributed by atoms with Crippen LogP contribution in [0.5, 0.6) is 0 Å². The highest BCUT2D eigenvalue weighted by molar-refractivity contribution is 5.71. The van der Waals surface area contributed by atoms with Gasteiger partial charge in [0, 0.05) is 16.9 Å². The maximum absolute atomic E-state index is 4.03. The largest absolute Gasteiger partial charge is 0.262 e. The van der Waals surface area contributed by atoms with E-state index in [9.17, 15) is 0 Å². The Morgan fingerprint density at radius 1 is 1.50 bits per heavy atom. The molecule has 3 heterocycles. The number of fused-ring (bicyclic) bond motifs is 3. The van der Waals surface area contributed by atoms with Crippen molar-refractivity contribution in [2.45, 2.75) is 0 Å². The van der Waals surface area contributed by atoms with Gasteiger partial charge in [-0.15, -0.1) is 5.10 Å². The molecular formula is C8H7N4+. The first-order chi connectivity index (χ1) is 5.95. The minimum absolute atomic E-state index is 1.04. The first-order valence-corrected chi connectivity index (χ1v) is 3.76. The summed E-state index contributed by atoms with van der Waals surface area (Å²) in [6.07, 6.45) is 7.56. The number of nitrogens with one attached hydrogen (secondary N) is 1. The summed E-state index contributed by atoms with van der Waals surface area (Å²) < 4.78 is 3.93. The van der Waals surface area contributed by atoms with Crippen molar-refractivity contribution in [2.24, 2.45) is 0 Å². The van der Waals surface area contributed by atoms with E-state index in [0.717, 1.165) is 11.0 Å². The van der Waals surface area contributed by atoms with Crippen molar-refractivity contribution in [1.29, 1.82) is 0 Å². The zero-order valence-electron chi connectivity index (χ0n) is 6.31. The molecule has 0 unspecified atom stereocenters. The molecule has 0 saturated carbocycles. The fourth-order valence-electron chi connectivity index (χ4n) is 1.43. The lowest BCUT2D eigenvalue weighted by Crippen LogP contribution is -2.26. The van der Waals surface area contributed by atoms with Gasteiger partial charge in [-0.05, 0) is 6.07 Å². The molecule has 3 rings (SSSR count). The maximum Gasteiger partial charge on any atom is 0.230 e. The van der Waals surface area contributed by atoms with Crippen LogP contribution in [-0.2, 0) is 0 Å². The first-order valence-electron chi connectivity index (χ1n) is 3.76. The van der Waals surface area contributed by atoms with Crippen molar-refractivity contribution < 1.29 is 4.63 Å². The Kier molecular flexibility index (Phi) is 0.889. The summed E-state index contributed by atoms with van der Waals surface area (Å²) in [7, 11) is 0. The zero-order valence-corrected chi connectivity index (χ0v) is 6.31. The van der Waals surface area contributed by atoms with Crippen LogP contribution in [0.15, 0.2) is 36.9 Å². The summed E-state index contributed by atoms with van der Waals surface area (Å²) in [5, 5.41) is 3.18. The van der Waals surface area contributed by atoms with Crippen LogP contribution in [0.1, 0.15) is 0 Å². The van der Waals surface area contributed by atoms with E-state index in [1.165, 1.54) is 0 Å². The Hall–Kier alpha value is -1.84. The number of hydrogen-bond donors (Lipinski definition) is 1. The SMILES string of the molecule is c1cn2c3ccncc3[nH][n+]2c1. The topological polar surface area (TPSA) is 37.2 Å². The minimum atomic E-state index is 1.04. The van der Waals surface area contributed by atoms with Crippen LogP contribution >= 0.6 is 0 Å². The van der Waals surface area contributed by atoms with Gasteiger partial charge in [-0.3, -0.25) is 4.98 Å². The number of H-pyrrole nitrogens is 1. The van der Waals surface area contributed by atoms with Crippen molar-refractivity contribution in [3.8, 4) is 0 Å². The van der Waals surface area contributed by atoms with E-state index in [4.69, 9.17) is 0 Å². The molecule has 4 nitrogen and oxygen atoms in total. The van der Waals surface area contributed by atoms with Crippen LogP contribution < -0.4 is 4.63 Å². The van der Waals surface area contributed by atoms with E-state index < -0.39 is 0 Å². The van der Waals surface area contributed by atoms with Gasteiger partial charge >= 0.3 is 0 Å². The quantitative estimate of drug-likeness (QED) is 0.474. The summed E-state index contributed by atoms with van der Waals surface area (Å²) >= 11 is 0. The molecule has 0 aliphatic carbocycles. The van der Waals surface area contributed by atoms with Gasteiger partial charge < -0.3 is 0 Å². The molecule has 58 valence electrons. The molecule has 0 bridgehead atoms. The first kappa shape index (κ1) is 5.77. The smallest absolute Gasteiger partial charge is 0.230 e. The molecule has 12 heavy (non-hydrogen) atoms. The van der Waals surface area contributed by atoms with Crippen LogP contribution in [0.2, 0.25) is 0 Å². The third-order valence-electron chi connectivity index (χ3n) is 1.97. The van der Waals surface area contributed by atoms with Gasteiger partial charge in [-0.2, -0.15) is 0 Å². The number of hydrogen-bond acceptors (Lipinski definition) is 1. The van der Waals surface area contributed by atoms with Crippen molar-refractivity contribution in [3.05, 3.63) is 36.9 Å². The summed E-state index contributed by atoms with van der Waals surface area (Å²) in [5.74, 6) is 0. The number of pyridine rings is 1. The summed E-state index contributed by atoms with van der Waals surface area (Å²) in [6.45, 7) is 0. The lowest BCUT2D eigenvalue weighted by molar-refractivity contribution is -0.669. The van der Waals surface area contributed by atoms with Crippen LogP contribution in [-0.4, -0.2) is 14.6 Å². The molecule has 0 radical (unpaired) electrons. The van der Waals surface area contributed by atoms with Crippen molar-refractivity contribution in [3.63, 3.8) is 0 Å². The van der Waals surface area contributed by atoms with E-state index in [-0.39, 0.29) is 0 Å². The van der Waals surface area contributed by atoms with Crippen LogP contribution in [0.3, 0.4) is 0 Å². The highest BCUT2D eigenvalue weighted by Crippen LogP contribution is 2.05. The van der Waals surface area contributed by atoms with E-state index in [2.05, 4.69) is 10.1 Å². The zero-order chi connectivity index (χ0) is 7.97. The molecule has 0 fully saturated rings. The third kappa shape index (κ3) is 0.567. The average Bonchev–Trinajstić information content (AvgIpc) is 2.62. The van der Waals surface area contributed by atoms with Crippen LogP contribution in [0.25, 0.3) is 11.0 Å². The molecule has 0 saturated heterocycles. The van der Waals surface area contributed by atoms with Crippen LogP contribution in [0.4, 0.5) is 0 Å². The lowest BCUT2D eigenvalue weighted by atomic mass is 10.4. The molecule has 3 aromatic heterocycles. The molecule has 3 aromatic rings. The Bertz CT molecular complexity index is 533. The van der Waals surface area contributed by atoms with Crippen molar-refractivity contribution in [2.75, 3.05) is 0 Å². The van der Waals surface area contributed by atoms with Gasteiger partial charge in [0.25, 0.3) is 0 Å². The number of nitrogens with zero attached hydrogens (tertiary/aromatic N) is 3. The highest BCUT2D eigenvalue weighted by Gasteiger charge is 2.07. The molecule has 0 aliphatic rings. The number of rotatable bonds is 0. The van der Waals surface area contributed by atoms with Crippen molar-refractivity contribution >= 4 is 11.0 Å². The fourth-order valence-corrected chi connectivity index (χ4v) is 1.43. The standard InChI is InChI=1S/C8H7N4/c1-4-11-8-2-3-9-6-7(8)10-12(11)5-1/h1-6,10H/q+1. The fraction of sp³-hybridized carbons (Fsp3) is 0.